The highest BCUT2D eigenvalue weighted by atomic mass is 31.2. The van der Waals surface area contributed by atoms with Crippen LogP contribution in [0.15, 0.2) is 231 Å². The zero-order chi connectivity index (χ0) is 80.3. The molecule has 0 rings (SSSR count). The highest BCUT2D eigenvalue weighted by Crippen LogP contribution is 2.45. The highest BCUT2D eigenvalue weighted by Gasteiger charge is 2.30. The van der Waals surface area contributed by atoms with E-state index in [1.807, 2.05) is 12.2 Å². The number of esters is 4. The summed E-state index contributed by atoms with van der Waals surface area (Å²) in [6.07, 6.45) is 103. The molecular formula is C91H140O17P2. The quantitative estimate of drug-likeness (QED) is 0.0169. The van der Waals surface area contributed by atoms with Gasteiger partial charge in [-0.25, -0.2) is 9.13 Å². The summed E-state index contributed by atoms with van der Waals surface area (Å²) in [5, 5.41) is 10.7. The molecule has 0 spiro atoms. The summed E-state index contributed by atoms with van der Waals surface area (Å²) < 4.78 is 68.5. The maximum atomic E-state index is 13.1. The van der Waals surface area contributed by atoms with Crippen LogP contribution in [-0.4, -0.2) is 96.7 Å². The molecule has 0 bridgehead atoms. The summed E-state index contributed by atoms with van der Waals surface area (Å²) >= 11 is 0. The van der Waals surface area contributed by atoms with Crippen LogP contribution >= 0.6 is 15.6 Å². The summed E-state index contributed by atoms with van der Waals surface area (Å²) in [5.74, 6) is -2.40. The van der Waals surface area contributed by atoms with Crippen LogP contribution in [-0.2, 0) is 65.4 Å². The van der Waals surface area contributed by atoms with Crippen LogP contribution in [0.3, 0.4) is 0 Å². The van der Waals surface area contributed by atoms with Crippen LogP contribution in [0.4, 0.5) is 0 Å². The molecule has 0 aliphatic heterocycles. The first-order chi connectivity index (χ1) is 53.7. The smallest absolute Gasteiger partial charge is 0.462 e. The molecule has 0 aromatic heterocycles. The molecule has 110 heavy (non-hydrogen) atoms. The van der Waals surface area contributed by atoms with E-state index in [4.69, 9.17) is 37.0 Å². The molecule has 0 aliphatic carbocycles. The van der Waals surface area contributed by atoms with Gasteiger partial charge in [-0.15, -0.1) is 0 Å². The molecule has 0 saturated heterocycles. The van der Waals surface area contributed by atoms with Gasteiger partial charge in [0.25, 0.3) is 0 Å². The fourth-order valence-electron chi connectivity index (χ4n) is 9.59. The molecule has 0 radical (unpaired) electrons. The van der Waals surface area contributed by atoms with E-state index in [0.717, 1.165) is 167 Å². The van der Waals surface area contributed by atoms with Gasteiger partial charge in [-0.2, -0.15) is 0 Å². The van der Waals surface area contributed by atoms with Crippen molar-refractivity contribution in [2.45, 2.75) is 277 Å². The topological polar surface area (TPSA) is 237 Å². The Morgan fingerprint density at radius 2 is 0.455 bits per heavy atom. The predicted molar refractivity (Wildman–Crippen MR) is 454 cm³/mol. The van der Waals surface area contributed by atoms with Gasteiger partial charge in [0, 0.05) is 25.7 Å². The Balaban J connectivity index is 5.56. The van der Waals surface area contributed by atoms with Gasteiger partial charge in [-0.3, -0.25) is 37.3 Å². The van der Waals surface area contributed by atoms with E-state index in [9.17, 15) is 43.2 Å². The molecule has 0 fully saturated rings. The molecule has 3 N–H and O–H groups in total. The van der Waals surface area contributed by atoms with Gasteiger partial charge >= 0.3 is 39.5 Å². The van der Waals surface area contributed by atoms with Crippen LogP contribution in [0.25, 0.3) is 0 Å². The lowest BCUT2D eigenvalue weighted by Gasteiger charge is -2.21. The van der Waals surface area contributed by atoms with E-state index < -0.39 is 97.5 Å². The van der Waals surface area contributed by atoms with Crippen molar-refractivity contribution in [3.05, 3.63) is 231 Å². The molecule has 19 heteroatoms. The number of hydrogen-bond donors (Lipinski definition) is 3. The molecule has 0 amide bonds. The van der Waals surface area contributed by atoms with Crippen LogP contribution in [0.2, 0.25) is 0 Å². The molecule has 0 aromatic rings. The molecule has 17 nitrogen and oxygen atoms in total. The van der Waals surface area contributed by atoms with Crippen LogP contribution in [0, 0.1) is 0 Å². The molecule has 0 saturated carbocycles. The number of ether oxygens (including phenoxy) is 4. The number of carbonyl (C=O) groups is 4. The van der Waals surface area contributed by atoms with E-state index >= 15 is 0 Å². The number of phosphoric ester groups is 2. The number of hydrogen-bond acceptors (Lipinski definition) is 15. The molecule has 0 aromatic carbocycles. The maximum Gasteiger partial charge on any atom is 0.472 e. The summed E-state index contributed by atoms with van der Waals surface area (Å²) in [4.78, 5) is 73.1. The SMILES string of the molecule is CC/C=C\C/C=C\C/C=C\C/C=C\C/C=C\CCCCCC(=O)OCC(COP(=O)(O)OCC(O)COP(=O)(O)OCC(COC(=O)CCCCC/C=C\C/C=C\C/C=C\C/C=C\C/C=C\CC)OC(=O)CCCC/C=C\C/C=C\C/C=C\C/C=C\CC)OC(=O)CCC/C=C\C/C=C\C/C=C\C/C=C\C/C=C\CC. The second-order valence-electron chi connectivity index (χ2n) is 25.8. The lowest BCUT2D eigenvalue weighted by molar-refractivity contribution is -0.161. The molecule has 5 unspecified atom stereocenters. The number of allylic oxidation sites excluding steroid dienone is 38. The highest BCUT2D eigenvalue weighted by molar-refractivity contribution is 7.47. The lowest BCUT2D eigenvalue weighted by atomic mass is 10.1. The average Bonchev–Trinajstić information content (AvgIpc) is 0.906. The van der Waals surface area contributed by atoms with Crippen molar-refractivity contribution in [3.63, 3.8) is 0 Å². The summed E-state index contributed by atoms with van der Waals surface area (Å²) in [5.41, 5.74) is 0. The Kier molecular flexibility index (Phi) is 75.2. The minimum absolute atomic E-state index is 0.00364. The molecule has 616 valence electrons. The Labute approximate surface area is 664 Å². The summed E-state index contributed by atoms with van der Waals surface area (Å²) in [7, 11) is -10.0. The van der Waals surface area contributed by atoms with Gasteiger partial charge in [-0.05, 0) is 193 Å². The first kappa shape index (κ1) is 103. The zero-order valence-electron chi connectivity index (χ0n) is 67.3. The van der Waals surface area contributed by atoms with Crippen molar-refractivity contribution < 1.29 is 80.2 Å². The predicted octanol–water partition coefficient (Wildman–Crippen LogP) is 24.2. The van der Waals surface area contributed by atoms with Crippen LogP contribution in [0.5, 0.6) is 0 Å². The van der Waals surface area contributed by atoms with Gasteiger partial charge < -0.3 is 33.8 Å². The molecular weight excluding hydrogens is 1430 g/mol. The third-order valence-electron chi connectivity index (χ3n) is 15.6. The fraction of sp³-hybridized carbons (Fsp3) is 0.538. The normalized spacial score (nSPS) is 15.0. The standard InChI is InChI=1S/C91H140O17P2/c1-5-9-13-17-21-25-29-33-37-40-42-45-48-51-55-59-63-67-71-75-88(93)101-81-86(107-90(95)77-73-69-65-61-57-53-47-36-32-28-24-20-16-12-8-4)83-105-109(97,98)103-79-85(92)80-104-110(99,100)106-84-87(108-91(96)78-74-70-66-62-58-54-50-44-39-35-31-27-23-19-15-11-7-3)82-102-89(94)76-72-68-64-60-56-52-49-46-43-41-38-34-30-26-22-18-14-10-6-2/h9-16,21-28,33-39,42-43,45-47,50-52,54-57,61-62,66,85-87,92H,5-8,17-20,29-32,40-41,44,48-49,53,58-60,63-65,67-84H2,1-4H3,(H,97,98)(H,99,100)/b13-9-,14-10-,15-11-,16-12-,25-21-,26-22-,27-23-,28-24-,37-33-,38-34-,39-35-,45-42-,46-43-,47-36-,54-50-,55-51-,56-52-,61-57-,66-62-. The van der Waals surface area contributed by atoms with Gasteiger partial charge in [0.15, 0.2) is 12.2 Å². The number of unbranched alkanes of at least 4 members (excludes halogenated alkanes) is 9. The number of aliphatic hydroxyl groups is 1. The summed E-state index contributed by atoms with van der Waals surface area (Å²) in [6, 6.07) is 0. The van der Waals surface area contributed by atoms with E-state index in [1.54, 1.807) is 0 Å². The second-order valence-corrected chi connectivity index (χ2v) is 28.7. The Hall–Kier alpha value is -6.88. The Bertz CT molecular complexity index is 3000. The first-order valence-electron chi connectivity index (χ1n) is 40.6. The first-order valence-corrected chi connectivity index (χ1v) is 43.6. The number of rotatable bonds is 73. The second kappa shape index (κ2) is 80.2. The average molecular weight is 1570 g/mol. The van der Waals surface area contributed by atoms with Crippen molar-refractivity contribution in [2.24, 2.45) is 0 Å². The number of phosphoric acid groups is 2. The minimum atomic E-state index is -5.02. The van der Waals surface area contributed by atoms with Crippen LogP contribution in [0.1, 0.15) is 259 Å². The van der Waals surface area contributed by atoms with Crippen molar-refractivity contribution >= 4 is 39.5 Å². The number of carbonyl (C=O) groups excluding carboxylic acids is 4. The third-order valence-corrected chi connectivity index (χ3v) is 17.5. The zero-order valence-corrected chi connectivity index (χ0v) is 69.1. The van der Waals surface area contributed by atoms with Gasteiger partial charge in [0.2, 0.25) is 0 Å². The van der Waals surface area contributed by atoms with Gasteiger partial charge in [-0.1, -0.05) is 271 Å². The van der Waals surface area contributed by atoms with E-state index in [1.165, 1.54) is 0 Å². The monoisotopic (exact) mass is 1570 g/mol. The minimum Gasteiger partial charge on any atom is -0.462 e. The van der Waals surface area contributed by atoms with E-state index in [0.29, 0.717) is 38.5 Å². The van der Waals surface area contributed by atoms with Crippen molar-refractivity contribution in [1.29, 1.82) is 0 Å². The van der Waals surface area contributed by atoms with E-state index in [-0.39, 0.29) is 25.7 Å². The van der Waals surface area contributed by atoms with Crippen molar-refractivity contribution in [3.8, 4) is 0 Å². The largest absolute Gasteiger partial charge is 0.472 e. The van der Waals surface area contributed by atoms with Gasteiger partial charge in [0.1, 0.15) is 19.3 Å². The van der Waals surface area contributed by atoms with Crippen LogP contribution < -0.4 is 0 Å². The molecule has 5 atom stereocenters. The van der Waals surface area contributed by atoms with Crippen molar-refractivity contribution in [1.82, 2.24) is 0 Å². The van der Waals surface area contributed by atoms with Crippen molar-refractivity contribution in [2.75, 3.05) is 39.6 Å². The molecule has 0 aliphatic rings. The maximum absolute atomic E-state index is 13.1. The Morgan fingerprint density at radius 3 is 0.718 bits per heavy atom. The third kappa shape index (κ3) is 79.2. The van der Waals surface area contributed by atoms with E-state index in [2.05, 4.69) is 246 Å². The fourth-order valence-corrected chi connectivity index (χ4v) is 11.2. The van der Waals surface area contributed by atoms with Gasteiger partial charge in [0.05, 0.1) is 26.4 Å². The summed E-state index contributed by atoms with van der Waals surface area (Å²) in [6.45, 7) is 4.18. The lowest BCUT2D eigenvalue weighted by Crippen LogP contribution is -2.30. The Morgan fingerprint density at radius 1 is 0.255 bits per heavy atom. The number of aliphatic hydroxyl groups excluding tert-OH is 1. The molecule has 0 heterocycles.